The van der Waals surface area contributed by atoms with Crippen molar-refractivity contribution in [2.24, 2.45) is 0 Å². The Morgan fingerprint density at radius 2 is 2.25 bits per heavy atom. The van der Waals surface area contributed by atoms with Crippen LogP contribution in [0.2, 0.25) is 0 Å². The van der Waals surface area contributed by atoms with E-state index < -0.39 is 0 Å². The summed E-state index contributed by atoms with van der Waals surface area (Å²) in [6.07, 6.45) is 1.05. The maximum Gasteiger partial charge on any atom is 0.0755 e. The van der Waals surface area contributed by atoms with Crippen molar-refractivity contribution in [3.8, 4) is 0 Å². The Bertz CT molecular complexity index is 563. The molecule has 82 valence electrons. The quantitative estimate of drug-likeness (QED) is 0.756. The summed E-state index contributed by atoms with van der Waals surface area (Å²) >= 11 is 1.94. The molecule has 1 aromatic heterocycles. The van der Waals surface area contributed by atoms with Crippen LogP contribution < -0.4 is 5.73 Å². The number of aromatic nitrogens is 1. The lowest BCUT2D eigenvalue weighted by molar-refractivity contribution is 1.01. The van der Waals surface area contributed by atoms with Gasteiger partial charge in [-0.05, 0) is 24.7 Å². The average molecular weight is 230 g/mol. The summed E-state index contributed by atoms with van der Waals surface area (Å²) in [7, 11) is 0. The van der Waals surface area contributed by atoms with E-state index in [1.165, 1.54) is 16.8 Å². The first-order valence-electron chi connectivity index (χ1n) is 5.51. The van der Waals surface area contributed by atoms with Gasteiger partial charge < -0.3 is 5.73 Å². The van der Waals surface area contributed by atoms with E-state index in [-0.39, 0.29) is 0 Å². The molecule has 2 heterocycles. The van der Waals surface area contributed by atoms with Gasteiger partial charge in [-0.2, -0.15) is 11.8 Å². The summed E-state index contributed by atoms with van der Waals surface area (Å²) < 4.78 is 0. The van der Waals surface area contributed by atoms with E-state index >= 15 is 0 Å². The molecular weight excluding hydrogens is 216 g/mol. The summed E-state index contributed by atoms with van der Waals surface area (Å²) in [6.45, 7) is 2.10. The van der Waals surface area contributed by atoms with Crippen LogP contribution in [0.4, 0.5) is 5.69 Å². The number of fused-ring (bicyclic) bond motifs is 2. The average Bonchev–Trinajstić information content (AvgIpc) is 2.31. The topological polar surface area (TPSA) is 38.9 Å². The van der Waals surface area contributed by atoms with Gasteiger partial charge in [0.05, 0.1) is 5.52 Å². The Balaban J connectivity index is 2.39. The molecule has 0 amide bonds. The molecule has 1 aromatic carbocycles. The van der Waals surface area contributed by atoms with Crippen LogP contribution in [0.3, 0.4) is 0 Å². The van der Waals surface area contributed by atoms with Crippen LogP contribution in [-0.2, 0) is 12.2 Å². The van der Waals surface area contributed by atoms with Crippen LogP contribution in [0.15, 0.2) is 18.2 Å². The van der Waals surface area contributed by atoms with E-state index in [1.54, 1.807) is 0 Å². The van der Waals surface area contributed by atoms with Crippen LogP contribution in [0.5, 0.6) is 0 Å². The number of hydrogen-bond donors (Lipinski definition) is 1. The summed E-state index contributed by atoms with van der Waals surface area (Å²) in [6, 6.07) is 6.22. The van der Waals surface area contributed by atoms with Crippen molar-refractivity contribution < 1.29 is 0 Å². The van der Waals surface area contributed by atoms with Crippen molar-refractivity contribution in [1.82, 2.24) is 4.98 Å². The molecule has 0 aliphatic carbocycles. The van der Waals surface area contributed by atoms with Crippen LogP contribution in [0, 0.1) is 6.92 Å². The SMILES string of the molecule is Cc1cccc2c(N)c3c(nc12)CCSC3. The predicted molar refractivity (Wildman–Crippen MR) is 70.8 cm³/mol. The number of benzene rings is 1. The zero-order chi connectivity index (χ0) is 11.1. The van der Waals surface area contributed by atoms with Gasteiger partial charge in [-0.15, -0.1) is 0 Å². The molecule has 0 bridgehead atoms. The molecule has 1 aliphatic heterocycles. The van der Waals surface area contributed by atoms with E-state index in [2.05, 4.69) is 25.1 Å². The Hall–Kier alpha value is -1.22. The zero-order valence-electron chi connectivity index (χ0n) is 9.29. The Morgan fingerprint density at radius 3 is 3.12 bits per heavy atom. The molecule has 3 heteroatoms. The molecule has 0 fully saturated rings. The van der Waals surface area contributed by atoms with Crippen molar-refractivity contribution in [2.75, 3.05) is 11.5 Å². The predicted octanol–water partition coefficient (Wildman–Crippen LogP) is 2.91. The monoisotopic (exact) mass is 230 g/mol. The summed E-state index contributed by atoms with van der Waals surface area (Å²) in [4.78, 5) is 4.78. The van der Waals surface area contributed by atoms with Crippen molar-refractivity contribution in [3.63, 3.8) is 0 Å². The Morgan fingerprint density at radius 1 is 1.38 bits per heavy atom. The van der Waals surface area contributed by atoms with Gasteiger partial charge in [0.15, 0.2) is 0 Å². The first-order chi connectivity index (χ1) is 7.77. The first-order valence-corrected chi connectivity index (χ1v) is 6.67. The van der Waals surface area contributed by atoms with E-state index in [1.807, 2.05) is 11.8 Å². The Kier molecular flexibility index (Phi) is 2.28. The molecule has 2 nitrogen and oxygen atoms in total. The highest BCUT2D eigenvalue weighted by Gasteiger charge is 2.16. The number of nitrogens with two attached hydrogens (primary N) is 1. The van der Waals surface area contributed by atoms with Gasteiger partial charge in [0.1, 0.15) is 0 Å². The van der Waals surface area contributed by atoms with Gasteiger partial charge in [0.25, 0.3) is 0 Å². The number of para-hydroxylation sites is 1. The van der Waals surface area contributed by atoms with Gasteiger partial charge in [-0.1, -0.05) is 18.2 Å². The van der Waals surface area contributed by atoms with Crippen LogP contribution >= 0.6 is 11.8 Å². The fourth-order valence-corrected chi connectivity index (χ4v) is 3.26. The second kappa shape index (κ2) is 3.67. The number of thioether (sulfide) groups is 1. The number of nitrogens with zero attached hydrogens (tertiary/aromatic N) is 1. The van der Waals surface area contributed by atoms with Gasteiger partial charge in [-0.3, -0.25) is 4.98 Å². The molecule has 0 atom stereocenters. The third-order valence-corrected chi connectivity index (χ3v) is 4.16. The van der Waals surface area contributed by atoms with Crippen LogP contribution in [0.1, 0.15) is 16.8 Å². The minimum Gasteiger partial charge on any atom is -0.398 e. The van der Waals surface area contributed by atoms with Gasteiger partial charge in [0.2, 0.25) is 0 Å². The van der Waals surface area contributed by atoms with Gasteiger partial charge in [-0.25, -0.2) is 0 Å². The van der Waals surface area contributed by atoms with Crippen LogP contribution in [-0.4, -0.2) is 10.7 Å². The fourth-order valence-electron chi connectivity index (χ4n) is 2.26. The van der Waals surface area contributed by atoms with Crippen molar-refractivity contribution in [1.29, 1.82) is 0 Å². The maximum absolute atomic E-state index is 6.26. The molecule has 2 N–H and O–H groups in total. The molecule has 0 radical (unpaired) electrons. The lowest BCUT2D eigenvalue weighted by atomic mass is 10.0. The largest absolute Gasteiger partial charge is 0.398 e. The number of pyridine rings is 1. The third kappa shape index (κ3) is 1.39. The fraction of sp³-hybridized carbons (Fsp3) is 0.308. The Labute approximate surface area is 99.2 Å². The molecule has 0 unspecified atom stereocenters. The molecule has 0 spiro atoms. The number of rotatable bonds is 0. The first kappa shape index (κ1) is 9.97. The second-order valence-electron chi connectivity index (χ2n) is 4.22. The summed E-state index contributed by atoms with van der Waals surface area (Å²) in [5, 5.41) is 1.11. The molecule has 3 rings (SSSR count). The number of anilines is 1. The second-order valence-corrected chi connectivity index (χ2v) is 5.33. The van der Waals surface area contributed by atoms with Crippen molar-refractivity contribution in [3.05, 3.63) is 35.0 Å². The van der Waals surface area contributed by atoms with Crippen molar-refractivity contribution in [2.45, 2.75) is 19.1 Å². The van der Waals surface area contributed by atoms with E-state index in [0.29, 0.717) is 0 Å². The lowest BCUT2D eigenvalue weighted by Crippen LogP contribution is -2.09. The molecule has 0 saturated heterocycles. The van der Waals surface area contributed by atoms with E-state index in [4.69, 9.17) is 10.7 Å². The number of hydrogen-bond acceptors (Lipinski definition) is 3. The van der Waals surface area contributed by atoms with Crippen molar-refractivity contribution >= 4 is 28.4 Å². The summed E-state index contributed by atoms with van der Waals surface area (Å²) in [5.41, 5.74) is 11.9. The third-order valence-electron chi connectivity index (χ3n) is 3.18. The zero-order valence-corrected chi connectivity index (χ0v) is 10.1. The van der Waals surface area contributed by atoms with E-state index in [9.17, 15) is 0 Å². The molecule has 1 aliphatic rings. The standard InChI is InChI=1S/C13H14N2S/c1-8-3-2-4-9-12(14)10-7-16-6-5-11(10)15-13(8)9/h2-4H,5-7H2,1H3,(H2,14,15). The highest BCUT2D eigenvalue weighted by Crippen LogP contribution is 2.33. The maximum atomic E-state index is 6.26. The van der Waals surface area contributed by atoms with E-state index in [0.717, 1.165) is 34.5 Å². The highest BCUT2D eigenvalue weighted by atomic mass is 32.2. The summed E-state index contributed by atoms with van der Waals surface area (Å²) in [5.74, 6) is 2.18. The minimum atomic E-state index is 0.941. The molecule has 2 aromatic rings. The smallest absolute Gasteiger partial charge is 0.0755 e. The van der Waals surface area contributed by atoms with Gasteiger partial charge >= 0.3 is 0 Å². The van der Waals surface area contributed by atoms with Gasteiger partial charge in [0, 0.05) is 28.1 Å². The number of nitrogen functional groups attached to an aromatic ring is 1. The minimum absolute atomic E-state index is 0.941. The molecular formula is C13H14N2S. The number of aryl methyl sites for hydroxylation is 2. The molecule has 0 saturated carbocycles. The lowest BCUT2D eigenvalue weighted by Gasteiger charge is -2.18. The highest BCUT2D eigenvalue weighted by molar-refractivity contribution is 7.98. The normalized spacial score (nSPS) is 15.1. The molecule has 16 heavy (non-hydrogen) atoms. The van der Waals surface area contributed by atoms with Crippen LogP contribution in [0.25, 0.3) is 10.9 Å².